The second-order valence-electron chi connectivity index (χ2n) is 6.17. The van der Waals surface area contributed by atoms with E-state index in [1.807, 2.05) is 13.8 Å². The first kappa shape index (κ1) is 17.0. The molecule has 1 aliphatic heterocycles. The van der Waals surface area contributed by atoms with Gasteiger partial charge in [-0.2, -0.15) is 0 Å². The predicted molar refractivity (Wildman–Crippen MR) is 96.2 cm³/mol. The zero-order valence-electron chi connectivity index (χ0n) is 14.8. The Kier molecular flexibility index (Phi) is 4.19. The van der Waals surface area contributed by atoms with E-state index in [0.717, 1.165) is 11.4 Å². The van der Waals surface area contributed by atoms with Crippen molar-refractivity contribution in [3.8, 4) is 11.5 Å². The molecule has 0 bridgehead atoms. The van der Waals surface area contributed by atoms with Crippen molar-refractivity contribution in [3.63, 3.8) is 0 Å². The second kappa shape index (κ2) is 6.68. The molecule has 1 aliphatic rings. The smallest absolute Gasteiger partial charge is 0.338 e. The summed E-state index contributed by atoms with van der Waals surface area (Å²) in [5.41, 5.74) is 3.65. The SMILES string of the molecule is Cc1nc2ccc(C(=O)OCC(=O)c3ccc4c(c3)OCO4)cc2nc1C. The Morgan fingerprint density at radius 3 is 2.44 bits per heavy atom. The number of nitrogens with zero attached hydrogens (tertiary/aromatic N) is 2. The summed E-state index contributed by atoms with van der Waals surface area (Å²) in [6.07, 6.45) is 0. The van der Waals surface area contributed by atoms with Gasteiger partial charge in [-0.25, -0.2) is 14.8 Å². The number of Topliss-reactive ketones (excluding diaryl/α,β-unsaturated/α-hetero) is 1. The first-order chi connectivity index (χ1) is 13.0. The van der Waals surface area contributed by atoms with Crippen LogP contribution in [-0.4, -0.2) is 35.1 Å². The van der Waals surface area contributed by atoms with Gasteiger partial charge < -0.3 is 14.2 Å². The molecule has 7 nitrogen and oxygen atoms in total. The highest BCUT2D eigenvalue weighted by molar-refractivity contribution is 6.00. The van der Waals surface area contributed by atoms with E-state index in [9.17, 15) is 9.59 Å². The molecule has 0 radical (unpaired) electrons. The van der Waals surface area contributed by atoms with E-state index >= 15 is 0 Å². The molecule has 2 aromatic carbocycles. The number of fused-ring (bicyclic) bond motifs is 2. The highest BCUT2D eigenvalue weighted by atomic mass is 16.7. The fraction of sp³-hybridized carbons (Fsp3) is 0.200. The van der Waals surface area contributed by atoms with Crippen LogP contribution in [0.15, 0.2) is 36.4 Å². The Bertz CT molecular complexity index is 1080. The maximum Gasteiger partial charge on any atom is 0.338 e. The van der Waals surface area contributed by atoms with Crippen molar-refractivity contribution in [2.45, 2.75) is 13.8 Å². The zero-order valence-corrected chi connectivity index (χ0v) is 14.8. The van der Waals surface area contributed by atoms with Crippen LogP contribution in [0.2, 0.25) is 0 Å². The number of hydrogen-bond acceptors (Lipinski definition) is 7. The quantitative estimate of drug-likeness (QED) is 0.519. The summed E-state index contributed by atoms with van der Waals surface area (Å²) in [5.74, 6) is 0.178. The molecule has 0 amide bonds. The number of rotatable bonds is 4. The minimum absolute atomic E-state index is 0.131. The molecule has 0 unspecified atom stereocenters. The Morgan fingerprint density at radius 1 is 0.926 bits per heavy atom. The predicted octanol–water partition coefficient (Wildman–Crippen LogP) is 3.02. The second-order valence-corrected chi connectivity index (χ2v) is 6.17. The van der Waals surface area contributed by atoms with Crippen LogP contribution in [0.25, 0.3) is 11.0 Å². The summed E-state index contributed by atoms with van der Waals surface area (Å²) < 4.78 is 15.6. The molecule has 0 saturated heterocycles. The Balaban J connectivity index is 1.46. The standard InChI is InChI=1S/C20H16N2O5/c1-11-12(2)22-16-7-14(3-5-15(16)21-11)20(24)25-9-17(23)13-4-6-18-19(8-13)27-10-26-18/h3-8H,9-10H2,1-2H3. The topological polar surface area (TPSA) is 87.6 Å². The number of ether oxygens (including phenoxy) is 3. The lowest BCUT2D eigenvalue weighted by Crippen LogP contribution is -2.14. The van der Waals surface area contributed by atoms with Gasteiger partial charge in [0.2, 0.25) is 6.79 Å². The number of hydrogen-bond donors (Lipinski definition) is 0. The van der Waals surface area contributed by atoms with Crippen molar-refractivity contribution in [1.29, 1.82) is 0 Å². The van der Waals surface area contributed by atoms with Crippen molar-refractivity contribution in [2.75, 3.05) is 13.4 Å². The van der Waals surface area contributed by atoms with Gasteiger partial charge in [0.15, 0.2) is 23.9 Å². The third-order valence-corrected chi connectivity index (χ3v) is 4.34. The van der Waals surface area contributed by atoms with Crippen LogP contribution in [0, 0.1) is 13.8 Å². The van der Waals surface area contributed by atoms with Gasteiger partial charge in [0, 0.05) is 5.56 Å². The number of benzene rings is 2. The van der Waals surface area contributed by atoms with Gasteiger partial charge in [-0.15, -0.1) is 0 Å². The molecule has 0 atom stereocenters. The Hall–Kier alpha value is -3.48. The molecule has 0 fully saturated rings. The molecule has 2 heterocycles. The molecule has 0 spiro atoms. The van der Waals surface area contributed by atoms with E-state index < -0.39 is 5.97 Å². The van der Waals surface area contributed by atoms with Crippen LogP contribution in [0.5, 0.6) is 11.5 Å². The lowest BCUT2D eigenvalue weighted by Gasteiger charge is -2.07. The van der Waals surface area contributed by atoms with E-state index in [-0.39, 0.29) is 19.2 Å². The number of aromatic nitrogens is 2. The summed E-state index contributed by atoms with van der Waals surface area (Å²) in [6, 6.07) is 9.78. The van der Waals surface area contributed by atoms with Crippen molar-refractivity contribution >= 4 is 22.8 Å². The highest BCUT2D eigenvalue weighted by Crippen LogP contribution is 2.32. The van der Waals surface area contributed by atoms with Gasteiger partial charge in [0.1, 0.15) is 0 Å². The number of aryl methyl sites for hydroxylation is 2. The van der Waals surface area contributed by atoms with Crippen LogP contribution in [0.3, 0.4) is 0 Å². The molecule has 0 saturated carbocycles. The molecule has 1 aromatic heterocycles. The first-order valence-corrected chi connectivity index (χ1v) is 8.36. The molecule has 4 rings (SSSR count). The number of carbonyl (C=O) groups is 2. The van der Waals surface area contributed by atoms with Gasteiger partial charge >= 0.3 is 5.97 Å². The van der Waals surface area contributed by atoms with Crippen molar-refractivity contribution in [3.05, 3.63) is 58.9 Å². The maximum atomic E-state index is 12.3. The van der Waals surface area contributed by atoms with E-state index in [1.54, 1.807) is 36.4 Å². The van der Waals surface area contributed by atoms with Crippen LogP contribution >= 0.6 is 0 Å². The fourth-order valence-electron chi connectivity index (χ4n) is 2.73. The number of ketones is 1. The number of carbonyl (C=O) groups excluding carboxylic acids is 2. The highest BCUT2D eigenvalue weighted by Gasteiger charge is 2.18. The zero-order chi connectivity index (χ0) is 19.0. The Labute approximate surface area is 154 Å². The van der Waals surface area contributed by atoms with Gasteiger partial charge in [0.05, 0.1) is 28.0 Å². The minimum atomic E-state index is -0.592. The molecule has 3 aromatic rings. The molecule has 0 N–H and O–H groups in total. The van der Waals surface area contributed by atoms with E-state index in [4.69, 9.17) is 14.2 Å². The summed E-state index contributed by atoms with van der Waals surface area (Å²) in [4.78, 5) is 33.4. The number of esters is 1. The normalized spacial score (nSPS) is 12.2. The van der Waals surface area contributed by atoms with E-state index in [1.165, 1.54) is 0 Å². The fourth-order valence-corrected chi connectivity index (χ4v) is 2.73. The van der Waals surface area contributed by atoms with E-state index in [2.05, 4.69) is 9.97 Å². The molecule has 7 heteroatoms. The molecule has 27 heavy (non-hydrogen) atoms. The molecule has 136 valence electrons. The molecular weight excluding hydrogens is 348 g/mol. The third-order valence-electron chi connectivity index (χ3n) is 4.34. The molecular formula is C20H16N2O5. The van der Waals surface area contributed by atoms with Crippen molar-refractivity contribution in [1.82, 2.24) is 9.97 Å². The lowest BCUT2D eigenvalue weighted by molar-refractivity contribution is 0.0475. The minimum Gasteiger partial charge on any atom is -0.454 e. The van der Waals surface area contributed by atoms with E-state index in [0.29, 0.717) is 33.7 Å². The van der Waals surface area contributed by atoms with Gasteiger partial charge in [0.25, 0.3) is 0 Å². The maximum absolute atomic E-state index is 12.3. The first-order valence-electron chi connectivity index (χ1n) is 8.36. The van der Waals surface area contributed by atoms with Crippen molar-refractivity contribution < 1.29 is 23.8 Å². The molecule has 0 aliphatic carbocycles. The van der Waals surface area contributed by atoms with Crippen LogP contribution < -0.4 is 9.47 Å². The Morgan fingerprint density at radius 2 is 1.63 bits per heavy atom. The van der Waals surface area contributed by atoms with Crippen LogP contribution in [-0.2, 0) is 4.74 Å². The third kappa shape index (κ3) is 3.31. The summed E-state index contributed by atoms with van der Waals surface area (Å²) in [5, 5.41) is 0. The average Bonchev–Trinajstić information content (AvgIpc) is 3.14. The summed E-state index contributed by atoms with van der Waals surface area (Å²) >= 11 is 0. The van der Waals surface area contributed by atoms with Crippen LogP contribution in [0.4, 0.5) is 0 Å². The van der Waals surface area contributed by atoms with Crippen LogP contribution in [0.1, 0.15) is 32.1 Å². The average molecular weight is 364 g/mol. The lowest BCUT2D eigenvalue weighted by atomic mass is 10.1. The summed E-state index contributed by atoms with van der Waals surface area (Å²) in [6.45, 7) is 3.50. The van der Waals surface area contributed by atoms with Crippen molar-refractivity contribution in [2.24, 2.45) is 0 Å². The largest absolute Gasteiger partial charge is 0.454 e. The summed E-state index contributed by atoms with van der Waals surface area (Å²) in [7, 11) is 0. The van der Waals surface area contributed by atoms with Gasteiger partial charge in [-0.05, 0) is 50.2 Å². The monoisotopic (exact) mass is 364 g/mol. The van der Waals surface area contributed by atoms with Gasteiger partial charge in [-0.3, -0.25) is 4.79 Å². The van der Waals surface area contributed by atoms with Gasteiger partial charge in [-0.1, -0.05) is 0 Å².